The van der Waals surface area contributed by atoms with Crippen LogP contribution in [0.1, 0.15) is 39.5 Å². The molecule has 1 nitrogen and oxygen atoms in total. The molecule has 0 aliphatic heterocycles. The van der Waals surface area contributed by atoms with E-state index in [1.54, 1.807) is 12.7 Å². The first-order chi connectivity index (χ1) is 6.22. The average molecular weight is 180 g/mol. The number of methoxy groups -OCH3 is 1. The second-order valence-electron chi connectivity index (χ2n) is 4.09. The zero-order valence-electron chi connectivity index (χ0n) is 8.97. The Morgan fingerprint density at radius 2 is 2.08 bits per heavy atom. The number of allylic oxidation sites excluding steroid dienone is 4. The molecule has 0 atom stereocenters. The minimum Gasteiger partial charge on any atom is -0.501 e. The maximum Gasteiger partial charge on any atom is 0.0958 e. The van der Waals surface area contributed by atoms with Gasteiger partial charge in [0.25, 0.3) is 0 Å². The predicted molar refractivity (Wildman–Crippen MR) is 56.5 cm³/mol. The van der Waals surface area contributed by atoms with E-state index in [2.05, 4.69) is 26.0 Å². The van der Waals surface area contributed by atoms with Gasteiger partial charge >= 0.3 is 0 Å². The van der Waals surface area contributed by atoms with Crippen LogP contribution in [0.15, 0.2) is 23.5 Å². The second kappa shape index (κ2) is 5.11. The molecular weight excluding hydrogens is 160 g/mol. The van der Waals surface area contributed by atoms with Crippen LogP contribution in [0.4, 0.5) is 0 Å². The van der Waals surface area contributed by atoms with E-state index in [-0.39, 0.29) is 0 Å². The molecule has 0 bridgehead atoms. The maximum atomic E-state index is 5.18. The Kier molecular flexibility index (Phi) is 4.07. The molecule has 1 aliphatic carbocycles. The van der Waals surface area contributed by atoms with Crippen LogP contribution in [-0.2, 0) is 4.74 Å². The molecule has 0 radical (unpaired) electrons. The standard InChI is InChI=1S/C12H20O/c1-10(2)4-5-11-6-8-12(13-3)9-7-11/h6,8,10H,4-5,7,9H2,1-3H3. The van der Waals surface area contributed by atoms with Gasteiger partial charge in [0.2, 0.25) is 0 Å². The number of hydrogen-bond donors (Lipinski definition) is 0. The summed E-state index contributed by atoms with van der Waals surface area (Å²) in [5.74, 6) is 1.93. The first-order valence-corrected chi connectivity index (χ1v) is 5.15. The summed E-state index contributed by atoms with van der Waals surface area (Å²) in [4.78, 5) is 0. The summed E-state index contributed by atoms with van der Waals surface area (Å²) in [6.45, 7) is 4.56. The highest BCUT2D eigenvalue weighted by molar-refractivity contribution is 5.20. The Bertz CT molecular complexity index is 211. The van der Waals surface area contributed by atoms with Crippen LogP contribution in [0, 0.1) is 5.92 Å². The van der Waals surface area contributed by atoms with Gasteiger partial charge in [0.05, 0.1) is 12.9 Å². The molecule has 1 rings (SSSR count). The lowest BCUT2D eigenvalue weighted by Gasteiger charge is -2.14. The summed E-state index contributed by atoms with van der Waals surface area (Å²) in [6.07, 6.45) is 9.17. The van der Waals surface area contributed by atoms with Gasteiger partial charge in [-0.3, -0.25) is 0 Å². The normalized spacial score (nSPS) is 16.9. The minimum atomic E-state index is 0.814. The molecule has 0 saturated carbocycles. The van der Waals surface area contributed by atoms with Crippen LogP contribution in [0.3, 0.4) is 0 Å². The fourth-order valence-corrected chi connectivity index (χ4v) is 1.51. The Balaban J connectivity index is 2.36. The SMILES string of the molecule is COC1=CC=C(CCC(C)C)CC1. The summed E-state index contributed by atoms with van der Waals surface area (Å²) in [7, 11) is 1.75. The van der Waals surface area contributed by atoms with Crippen molar-refractivity contribution in [2.24, 2.45) is 5.92 Å². The van der Waals surface area contributed by atoms with Crippen LogP contribution in [0.2, 0.25) is 0 Å². The van der Waals surface area contributed by atoms with Gasteiger partial charge in [-0.2, -0.15) is 0 Å². The fourth-order valence-electron chi connectivity index (χ4n) is 1.51. The average Bonchev–Trinajstić information content (AvgIpc) is 2.15. The lowest BCUT2D eigenvalue weighted by molar-refractivity contribution is 0.275. The fraction of sp³-hybridized carbons (Fsp3) is 0.667. The van der Waals surface area contributed by atoms with Crippen molar-refractivity contribution in [1.29, 1.82) is 0 Å². The molecule has 0 aromatic rings. The first kappa shape index (κ1) is 10.4. The number of rotatable bonds is 4. The summed E-state index contributed by atoms with van der Waals surface area (Å²) >= 11 is 0. The summed E-state index contributed by atoms with van der Waals surface area (Å²) in [6, 6.07) is 0. The lowest BCUT2D eigenvalue weighted by Crippen LogP contribution is -1.97. The van der Waals surface area contributed by atoms with Crippen LogP contribution in [0.25, 0.3) is 0 Å². The monoisotopic (exact) mass is 180 g/mol. The maximum absolute atomic E-state index is 5.18. The molecule has 0 aromatic carbocycles. The Morgan fingerprint density at radius 1 is 1.31 bits per heavy atom. The third kappa shape index (κ3) is 3.67. The van der Waals surface area contributed by atoms with Crippen molar-refractivity contribution in [3.05, 3.63) is 23.5 Å². The third-order valence-corrected chi connectivity index (χ3v) is 2.50. The van der Waals surface area contributed by atoms with Crippen LogP contribution < -0.4 is 0 Å². The first-order valence-electron chi connectivity index (χ1n) is 5.15. The zero-order chi connectivity index (χ0) is 9.68. The third-order valence-electron chi connectivity index (χ3n) is 2.50. The van der Waals surface area contributed by atoms with Crippen LogP contribution >= 0.6 is 0 Å². The van der Waals surface area contributed by atoms with Crippen molar-refractivity contribution >= 4 is 0 Å². The Morgan fingerprint density at radius 3 is 2.54 bits per heavy atom. The highest BCUT2D eigenvalue weighted by Crippen LogP contribution is 2.23. The van der Waals surface area contributed by atoms with E-state index in [1.807, 2.05) is 0 Å². The molecule has 74 valence electrons. The van der Waals surface area contributed by atoms with Crippen LogP contribution in [-0.4, -0.2) is 7.11 Å². The van der Waals surface area contributed by atoms with E-state index in [4.69, 9.17) is 4.74 Å². The van der Waals surface area contributed by atoms with Crippen molar-refractivity contribution < 1.29 is 4.74 Å². The predicted octanol–water partition coefficient (Wildman–Crippen LogP) is 3.67. The van der Waals surface area contributed by atoms with E-state index in [9.17, 15) is 0 Å². The van der Waals surface area contributed by atoms with Gasteiger partial charge in [0.15, 0.2) is 0 Å². The largest absolute Gasteiger partial charge is 0.501 e. The van der Waals surface area contributed by atoms with Crippen molar-refractivity contribution in [2.45, 2.75) is 39.5 Å². The Hall–Kier alpha value is -0.720. The summed E-state index contributed by atoms with van der Waals surface area (Å²) < 4.78 is 5.18. The van der Waals surface area contributed by atoms with Crippen molar-refractivity contribution in [3.63, 3.8) is 0 Å². The topological polar surface area (TPSA) is 9.23 Å². The highest BCUT2D eigenvalue weighted by atomic mass is 16.5. The molecule has 1 aliphatic rings. The van der Waals surface area contributed by atoms with Gasteiger partial charge in [-0.15, -0.1) is 0 Å². The van der Waals surface area contributed by atoms with E-state index >= 15 is 0 Å². The molecule has 0 spiro atoms. The molecule has 0 amide bonds. The van der Waals surface area contributed by atoms with Crippen molar-refractivity contribution in [3.8, 4) is 0 Å². The van der Waals surface area contributed by atoms with Gasteiger partial charge in [-0.05, 0) is 31.3 Å². The van der Waals surface area contributed by atoms with Crippen molar-refractivity contribution in [1.82, 2.24) is 0 Å². The molecule has 0 fully saturated rings. The smallest absolute Gasteiger partial charge is 0.0958 e. The Labute approximate surface area is 81.5 Å². The van der Waals surface area contributed by atoms with E-state index in [0.29, 0.717) is 0 Å². The quantitative estimate of drug-likeness (QED) is 0.641. The summed E-state index contributed by atoms with van der Waals surface area (Å²) in [5.41, 5.74) is 1.58. The molecular formula is C12H20O. The molecule has 0 heterocycles. The molecule has 0 aromatic heterocycles. The van der Waals surface area contributed by atoms with E-state index in [1.165, 1.54) is 19.3 Å². The second-order valence-corrected chi connectivity index (χ2v) is 4.09. The zero-order valence-corrected chi connectivity index (χ0v) is 8.97. The van der Waals surface area contributed by atoms with Crippen molar-refractivity contribution in [2.75, 3.05) is 7.11 Å². The lowest BCUT2D eigenvalue weighted by atomic mass is 9.96. The van der Waals surface area contributed by atoms with Gasteiger partial charge in [-0.25, -0.2) is 0 Å². The summed E-state index contributed by atoms with van der Waals surface area (Å²) in [5, 5.41) is 0. The van der Waals surface area contributed by atoms with Gasteiger partial charge in [0, 0.05) is 6.42 Å². The van der Waals surface area contributed by atoms with Gasteiger partial charge in [0.1, 0.15) is 0 Å². The molecule has 13 heavy (non-hydrogen) atoms. The minimum absolute atomic E-state index is 0.814. The molecule has 0 saturated heterocycles. The van der Waals surface area contributed by atoms with Gasteiger partial charge < -0.3 is 4.74 Å². The van der Waals surface area contributed by atoms with E-state index < -0.39 is 0 Å². The molecule has 1 heteroatoms. The highest BCUT2D eigenvalue weighted by Gasteiger charge is 2.06. The van der Waals surface area contributed by atoms with E-state index in [0.717, 1.165) is 18.1 Å². The molecule has 0 N–H and O–H groups in total. The van der Waals surface area contributed by atoms with Gasteiger partial charge in [-0.1, -0.05) is 25.5 Å². The molecule has 0 unspecified atom stereocenters. The number of hydrogen-bond acceptors (Lipinski definition) is 1. The van der Waals surface area contributed by atoms with Crippen LogP contribution in [0.5, 0.6) is 0 Å². The number of ether oxygens (including phenoxy) is 1.